The lowest BCUT2D eigenvalue weighted by Gasteiger charge is -2.23. The highest BCUT2D eigenvalue weighted by molar-refractivity contribution is 9.10. The Morgan fingerprint density at radius 1 is 1.50 bits per heavy atom. The van der Waals surface area contributed by atoms with Crippen LogP contribution in [0.3, 0.4) is 0 Å². The third-order valence-electron chi connectivity index (χ3n) is 3.84. The number of hydrogen-bond acceptors (Lipinski definition) is 2. The average molecular weight is 335 g/mol. The van der Waals surface area contributed by atoms with Gasteiger partial charge in [0.05, 0.1) is 11.6 Å². The summed E-state index contributed by atoms with van der Waals surface area (Å²) in [6.07, 6.45) is 1.48. The minimum Gasteiger partial charge on any atom is -0.481 e. The highest BCUT2D eigenvalue weighted by Crippen LogP contribution is 2.30. The summed E-state index contributed by atoms with van der Waals surface area (Å²) in [5.41, 5.74) is 3.18. The van der Waals surface area contributed by atoms with Crippen LogP contribution in [0.25, 0.3) is 11.4 Å². The number of carbonyl (C=O) groups is 1. The molecule has 1 atom stereocenters. The number of aliphatic carboxylic acids is 1. The Bertz CT molecular complexity index is 679. The monoisotopic (exact) mass is 334 g/mol. The van der Waals surface area contributed by atoms with Crippen LogP contribution >= 0.6 is 15.9 Å². The molecule has 5 heteroatoms. The largest absolute Gasteiger partial charge is 0.481 e. The van der Waals surface area contributed by atoms with Crippen molar-refractivity contribution in [3.05, 3.63) is 40.1 Å². The van der Waals surface area contributed by atoms with E-state index in [1.54, 1.807) is 0 Å². The van der Waals surface area contributed by atoms with Crippen molar-refractivity contribution in [3.63, 3.8) is 0 Å². The Morgan fingerprint density at radius 3 is 3.00 bits per heavy atom. The molecule has 0 saturated heterocycles. The molecule has 0 saturated carbocycles. The zero-order valence-electron chi connectivity index (χ0n) is 11.1. The number of aromatic nitrogens is 2. The Morgan fingerprint density at radius 2 is 2.30 bits per heavy atom. The van der Waals surface area contributed by atoms with Gasteiger partial charge in [0, 0.05) is 22.3 Å². The molecule has 0 amide bonds. The highest BCUT2D eigenvalue weighted by Gasteiger charge is 2.28. The summed E-state index contributed by atoms with van der Waals surface area (Å²) >= 11 is 3.47. The number of aryl methyl sites for hydroxylation is 1. The fraction of sp³-hybridized carbons (Fsp3) is 0.333. The molecular formula is C15H15BrN2O2. The molecule has 0 radical (unpaired) electrons. The molecule has 1 aromatic heterocycles. The Hall–Kier alpha value is -1.62. The van der Waals surface area contributed by atoms with Crippen molar-refractivity contribution in [2.24, 2.45) is 5.92 Å². The lowest BCUT2D eigenvalue weighted by Crippen LogP contribution is -2.27. The van der Waals surface area contributed by atoms with Crippen LogP contribution in [0.2, 0.25) is 0 Å². The molecule has 1 aliphatic heterocycles. The van der Waals surface area contributed by atoms with Crippen LogP contribution in [0.4, 0.5) is 0 Å². The van der Waals surface area contributed by atoms with Crippen LogP contribution in [-0.4, -0.2) is 20.6 Å². The van der Waals surface area contributed by atoms with E-state index in [0.717, 1.165) is 33.7 Å². The first kappa shape index (κ1) is 13.4. The van der Waals surface area contributed by atoms with E-state index in [0.29, 0.717) is 13.0 Å². The van der Waals surface area contributed by atoms with Gasteiger partial charge in [-0.2, -0.15) is 0 Å². The number of fused-ring (bicyclic) bond motifs is 1. The first-order valence-electron chi connectivity index (χ1n) is 6.61. The molecule has 1 unspecified atom stereocenters. The van der Waals surface area contributed by atoms with Crippen molar-refractivity contribution in [2.75, 3.05) is 0 Å². The van der Waals surface area contributed by atoms with Gasteiger partial charge in [0.2, 0.25) is 0 Å². The van der Waals surface area contributed by atoms with Crippen LogP contribution in [0, 0.1) is 12.8 Å². The second kappa shape index (κ2) is 5.05. The van der Waals surface area contributed by atoms with Gasteiger partial charge in [-0.05, 0) is 31.9 Å². The van der Waals surface area contributed by atoms with Crippen LogP contribution in [0.1, 0.15) is 17.8 Å². The maximum absolute atomic E-state index is 11.2. The smallest absolute Gasteiger partial charge is 0.308 e. The van der Waals surface area contributed by atoms with Gasteiger partial charge >= 0.3 is 5.97 Å². The third kappa shape index (κ3) is 2.26. The highest BCUT2D eigenvalue weighted by atomic mass is 79.9. The van der Waals surface area contributed by atoms with E-state index in [9.17, 15) is 9.90 Å². The van der Waals surface area contributed by atoms with Gasteiger partial charge in [0.15, 0.2) is 0 Å². The number of rotatable bonds is 2. The van der Waals surface area contributed by atoms with Crippen LogP contribution in [-0.2, 0) is 17.8 Å². The van der Waals surface area contributed by atoms with E-state index in [-0.39, 0.29) is 5.92 Å². The number of hydrogen-bond donors (Lipinski definition) is 1. The number of imidazole rings is 1. The summed E-state index contributed by atoms with van der Waals surface area (Å²) in [6.45, 7) is 2.50. The molecular weight excluding hydrogens is 320 g/mol. The maximum Gasteiger partial charge on any atom is 0.308 e. The number of nitrogens with zero attached hydrogens (tertiary/aromatic N) is 2. The second-order valence-electron chi connectivity index (χ2n) is 5.16. The molecule has 104 valence electrons. The van der Waals surface area contributed by atoms with Crippen LogP contribution in [0.5, 0.6) is 0 Å². The molecule has 20 heavy (non-hydrogen) atoms. The normalized spacial score (nSPS) is 17.8. The fourth-order valence-corrected chi connectivity index (χ4v) is 3.19. The van der Waals surface area contributed by atoms with E-state index in [1.165, 1.54) is 0 Å². The molecule has 0 aliphatic carbocycles. The summed E-state index contributed by atoms with van der Waals surface area (Å²) in [5.74, 6) is -0.172. The topological polar surface area (TPSA) is 55.1 Å². The zero-order valence-corrected chi connectivity index (χ0v) is 12.7. The van der Waals surface area contributed by atoms with Crippen molar-refractivity contribution in [2.45, 2.75) is 26.3 Å². The summed E-state index contributed by atoms with van der Waals surface area (Å²) in [4.78, 5) is 15.9. The van der Waals surface area contributed by atoms with Gasteiger partial charge in [0.25, 0.3) is 0 Å². The van der Waals surface area contributed by atoms with Crippen molar-refractivity contribution >= 4 is 21.9 Å². The minimum absolute atomic E-state index is 0.318. The number of halogens is 1. The summed E-state index contributed by atoms with van der Waals surface area (Å²) < 4.78 is 3.06. The van der Waals surface area contributed by atoms with E-state index in [4.69, 9.17) is 0 Å². The van der Waals surface area contributed by atoms with Crippen LogP contribution in [0.15, 0.2) is 28.7 Å². The zero-order chi connectivity index (χ0) is 14.3. The molecule has 1 aromatic carbocycles. The second-order valence-corrected chi connectivity index (χ2v) is 6.08. The molecule has 2 aromatic rings. The molecule has 1 N–H and O–H groups in total. The third-order valence-corrected chi connectivity index (χ3v) is 4.33. The van der Waals surface area contributed by atoms with Crippen molar-refractivity contribution in [3.8, 4) is 11.4 Å². The molecule has 0 spiro atoms. The summed E-state index contributed by atoms with van der Waals surface area (Å²) in [6, 6.07) is 7.95. The van der Waals surface area contributed by atoms with Gasteiger partial charge in [0.1, 0.15) is 5.82 Å². The van der Waals surface area contributed by atoms with Gasteiger partial charge in [-0.25, -0.2) is 4.98 Å². The first-order chi connectivity index (χ1) is 9.56. The van der Waals surface area contributed by atoms with E-state index < -0.39 is 5.97 Å². The van der Waals surface area contributed by atoms with Gasteiger partial charge in [-0.1, -0.05) is 28.1 Å². The van der Waals surface area contributed by atoms with E-state index in [1.807, 2.05) is 31.2 Å². The molecule has 4 nitrogen and oxygen atoms in total. The lowest BCUT2D eigenvalue weighted by atomic mass is 9.97. The lowest BCUT2D eigenvalue weighted by molar-refractivity contribution is -0.142. The number of benzene rings is 1. The van der Waals surface area contributed by atoms with Gasteiger partial charge in [-0.15, -0.1) is 0 Å². The predicted molar refractivity (Wildman–Crippen MR) is 79.5 cm³/mol. The quantitative estimate of drug-likeness (QED) is 0.916. The Balaban J connectivity index is 2.08. The maximum atomic E-state index is 11.2. The Kier molecular flexibility index (Phi) is 3.38. The minimum atomic E-state index is -0.720. The molecule has 0 fully saturated rings. The molecule has 0 bridgehead atoms. The fourth-order valence-electron chi connectivity index (χ4n) is 2.79. The molecule has 3 rings (SSSR count). The number of carboxylic acids is 1. The predicted octanol–water partition coefficient (Wildman–Crippen LogP) is 3.27. The van der Waals surface area contributed by atoms with Crippen molar-refractivity contribution < 1.29 is 9.90 Å². The SMILES string of the molecule is Cc1nc(-c2cccc(Br)c2)n2c1CCC(C(=O)O)C2. The standard InChI is InChI=1S/C15H15BrN2O2/c1-9-13-6-5-11(15(19)20)8-18(13)14(17-9)10-3-2-4-12(16)7-10/h2-4,7,11H,5-6,8H2,1H3,(H,19,20). The van der Waals surface area contributed by atoms with Crippen LogP contribution < -0.4 is 0 Å². The van der Waals surface area contributed by atoms with Gasteiger partial charge in [-0.3, -0.25) is 4.79 Å². The summed E-state index contributed by atoms with van der Waals surface area (Å²) in [7, 11) is 0. The average Bonchev–Trinajstić information content (AvgIpc) is 2.76. The summed E-state index contributed by atoms with van der Waals surface area (Å²) in [5, 5.41) is 9.23. The Labute approximate surface area is 125 Å². The molecule has 1 aliphatic rings. The van der Waals surface area contributed by atoms with E-state index >= 15 is 0 Å². The van der Waals surface area contributed by atoms with E-state index in [2.05, 4.69) is 25.5 Å². The first-order valence-corrected chi connectivity index (χ1v) is 7.40. The van der Waals surface area contributed by atoms with Crippen molar-refractivity contribution in [1.82, 2.24) is 9.55 Å². The molecule has 2 heterocycles. The van der Waals surface area contributed by atoms with Crippen molar-refractivity contribution in [1.29, 1.82) is 0 Å². The number of carboxylic acid groups (broad SMARTS) is 1. The van der Waals surface area contributed by atoms with Gasteiger partial charge < -0.3 is 9.67 Å².